The lowest BCUT2D eigenvalue weighted by atomic mass is 9.67. The molecule has 16 aromatic rings. The van der Waals surface area contributed by atoms with Crippen molar-refractivity contribution in [3.05, 3.63) is 344 Å². The summed E-state index contributed by atoms with van der Waals surface area (Å²) in [6.45, 7) is 0. The summed E-state index contributed by atoms with van der Waals surface area (Å²) in [7, 11) is 0. The maximum atomic E-state index is 2.52. The van der Waals surface area contributed by atoms with E-state index in [9.17, 15) is 0 Å². The zero-order valence-electron chi connectivity index (χ0n) is 46.0. The van der Waals surface area contributed by atoms with Crippen LogP contribution in [0.4, 0.5) is 0 Å². The fraction of sp³-hybridized carbons (Fsp3) is 0.0120. The molecule has 0 unspecified atom stereocenters. The van der Waals surface area contributed by atoms with Crippen molar-refractivity contribution in [1.29, 1.82) is 0 Å². The number of fused-ring (bicyclic) bond motifs is 11. The lowest BCUT2D eigenvalue weighted by Crippen LogP contribution is -2.28. The SMILES string of the molecule is c1ccc(C2(c3ccccc3)c3cc(-c4cc5ccccc5c5ccccc45)ccc3-c3ccc(-n4c5ccc(-c6ccc(-c7cccc8ccccc78)cc6)cc5c5cc(-c6ccc(-c7cccc8ccccc78)cc6)ccc54)cc32)cc1. The summed E-state index contributed by atoms with van der Waals surface area (Å²) >= 11 is 0. The normalized spacial score (nSPS) is 12.6. The Balaban J connectivity index is 0.857. The summed E-state index contributed by atoms with van der Waals surface area (Å²) in [6, 6.07) is 120. The largest absolute Gasteiger partial charge is 0.309 e. The van der Waals surface area contributed by atoms with E-state index in [1.165, 1.54) is 143 Å². The predicted molar refractivity (Wildman–Crippen MR) is 355 cm³/mol. The number of aromatic nitrogens is 1. The molecule has 0 N–H and O–H groups in total. The molecule has 17 rings (SSSR count). The average Bonchev–Trinajstić information content (AvgIpc) is 1.86. The number of hydrogen-bond acceptors (Lipinski definition) is 0. The zero-order chi connectivity index (χ0) is 55.3. The number of hydrogen-bond donors (Lipinski definition) is 0. The van der Waals surface area contributed by atoms with Crippen LogP contribution in [-0.2, 0) is 5.41 Å². The van der Waals surface area contributed by atoms with Gasteiger partial charge in [0.2, 0.25) is 0 Å². The molecule has 84 heavy (non-hydrogen) atoms. The van der Waals surface area contributed by atoms with Gasteiger partial charge in [0.15, 0.2) is 0 Å². The van der Waals surface area contributed by atoms with Crippen LogP contribution in [0.15, 0.2) is 322 Å². The first-order valence-corrected chi connectivity index (χ1v) is 29.2. The van der Waals surface area contributed by atoms with Gasteiger partial charge in [-0.25, -0.2) is 0 Å². The van der Waals surface area contributed by atoms with Crippen LogP contribution >= 0.6 is 0 Å². The van der Waals surface area contributed by atoms with Crippen LogP contribution in [0.25, 0.3) is 137 Å². The fourth-order valence-corrected chi connectivity index (χ4v) is 14.4. The van der Waals surface area contributed by atoms with Gasteiger partial charge in [-0.05, 0) is 181 Å². The number of benzene rings is 15. The number of nitrogens with zero attached hydrogens (tertiary/aromatic N) is 1. The van der Waals surface area contributed by atoms with Gasteiger partial charge in [0.25, 0.3) is 0 Å². The van der Waals surface area contributed by atoms with Crippen molar-refractivity contribution >= 4 is 64.9 Å². The second-order valence-corrected chi connectivity index (χ2v) is 22.7. The molecule has 0 fully saturated rings. The standard InChI is InChI=1S/C83H53N/c1-3-22-64(23-4-1)83(65-24-5-2-6-25-65)79-52-63(76-51-62-19-9-12-28-71(62)72-29-13-14-30-73(72)76)41-45-74(79)75-46-44-66(53-80(75)83)84-81-47-42-60(54-33-37-58(38-34-54)69-31-15-20-56-17-7-10-26-67(56)69)49-77(81)78-50-61(43-48-82(78)84)55-35-39-59(40-36-55)70-32-16-21-57-18-8-11-27-68(57)70/h1-53H. The highest BCUT2D eigenvalue weighted by molar-refractivity contribution is 6.15. The molecule has 1 heterocycles. The van der Waals surface area contributed by atoms with Crippen molar-refractivity contribution < 1.29 is 0 Å². The molecule has 1 nitrogen and oxygen atoms in total. The quantitative estimate of drug-likeness (QED) is 0.134. The van der Waals surface area contributed by atoms with Gasteiger partial charge >= 0.3 is 0 Å². The lowest BCUT2D eigenvalue weighted by Gasteiger charge is -2.34. The van der Waals surface area contributed by atoms with Gasteiger partial charge in [-0.1, -0.05) is 273 Å². The Kier molecular flexibility index (Phi) is 10.9. The molecule has 0 radical (unpaired) electrons. The first kappa shape index (κ1) is 47.9. The monoisotopic (exact) mass is 1060 g/mol. The van der Waals surface area contributed by atoms with E-state index in [1.807, 2.05) is 0 Å². The minimum Gasteiger partial charge on any atom is -0.309 e. The van der Waals surface area contributed by atoms with Crippen molar-refractivity contribution in [2.24, 2.45) is 0 Å². The van der Waals surface area contributed by atoms with Gasteiger partial charge in [-0.2, -0.15) is 0 Å². The van der Waals surface area contributed by atoms with E-state index in [1.54, 1.807) is 0 Å². The van der Waals surface area contributed by atoms with Crippen LogP contribution in [0.1, 0.15) is 22.3 Å². The second-order valence-electron chi connectivity index (χ2n) is 22.7. The molecule has 1 heteroatoms. The van der Waals surface area contributed by atoms with Gasteiger partial charge in [-0.15, -0.1) is 0 Å². The third-order valence-corrected chi connectivity index (χ3v) is 18.3. The van der Waals surface area contributed by atoms with Crippen LogP contribution in [-0.4, -0.2) is 4.57 Å². The van der Waals surface area contributed by atoms with Crippen LogP contribution in [0.5, 0.6) is 0 Å². The first-order valence-electron chi connectivity index (χ1n) is 29.2. The summed E-state index contributed by atoms with van der Waals surface area (Å²) in [6.07, 6.45) is 0. The van der Waals surface area contributed by atoms with Gasteiger partial charge in [0, 0.05) is 16.5 Å². The molecule has 0 amide bonds. The Morgan fingerprint density at radius 3 is 1.18 bits per heavy atom. The Labute approximate surface area is 488 Å². The Morgan fingerprint density at radius 2 is 0.619 bits per heavy atom. The van der Waals surface area contributed by atoms with E-state index in [2.05, 4.69) is 326 Å². The highest BCUT2D eigenvalue weighted by Gasteiger charge is 2.46. The van der Waals surface area contributed by atoms with E-state index < -0.39 is 5.41 Å². The van der Waals surface area contributed by atoms with Crippen LogP contribution < -0.4 is 0 Å². The van der Waals surface area contributed by atoms with Crippen LogP contribution in [0.2, 0.25) is 0 Å². The molecule has 0 aliphatic heterocycles. The molecule has 0 bridgehead atoms. The van der Waals surface area contributed by atoms with Gasteiger partial charge in [0.05, 0.1) is 16.4 Å². The van der Waals surface area contributed by atoms with E-state index >= 15 is 0 Å². The Bertz CT molecular complexity index is 5050. The summed E-state index contributed by atoms with van der Waals surface area (Å²) < 4.78 is 2.52. The molecule has 0 atom stereocenters. The van der Waals surface area contributed by atoms with Crippen molar-refractivity contribution in [2.45, 2.75) is 5.41 Å². The summed E-state index contributed by atoms with van der Waals surface area (Å²) in [5.74, 6) is 0. The Morgan fingerprint density at radius 1 is 0.202 bits per heavy atom. The molecular formula is C83H53N. The van der Waals surface area contributed by atoms with Crippen molar-refractivity contribution in [2.75, 3.05) is 0 Å². The smallest absolute Gasteiger partial charge is 0.0714 e. The topological polar surface area (TPSA) is 4.93 Å². The van der Waals surface area contributed by atoms with Crippen LogP contribution in [0.3, 0.4) is 0 Å². The summed E-state index contributed by atoms with van der Waals surface area (Å²) in [4.78, 5) is 0. The highest BCUT2D eigenvalue weighted by Crippen LogP contribution is 2.58. The van der Waals surface area contributed by atoms with E-state index in [4.69, 9.17) is 0 Å². The fourth-order valence-electron chi connectivity index (χ4n) is 14.4. The minimum absolute atomic E-state index is 0.638. The molecule has 0 saturated heterocycles. The Hall–Kier alpha value is -10.9. The van der Waals surface area contributed by atoms with E-state index in [0.717, 1.165) is 16.7 Å². The average molecular weight is 1060 g/mol. The van der Waals surface area contributed by atoms with Crippen molar-refractivity contribution in [3.63, 3.8) is 0 Å². The van der Waals surface area contributed by atoms with Crippen molar-refractivity contribution in [1.82, 2.24) is 4.57 Å². The molecule has 1 aliphatic carbocycles. The molecule has 390 valence electrons. The van der Waals surface area contributed by atoms with Gasteiger partial charge < -0.3 is 4.57 Å². The maximum absolute atomic E-state index is 2.52. The zero-order valence-corrected chi connectivity index (χ0v) is 46.0. The third kappa shape index (κ3) is 7.42. The van der Waals surface area contributed by atoms with Gasteiger partial charge in [-0.3, -0.25) is 0 Å². The molecule has 0 spiro atoms. The lowest BCUT2D eigenvalue weighted by molar-refractivity contribution is 0.768. The molecule has 1 aromatic heterocycles. The third-order valence-electron chi connectivity index (χ3n) is 18.3. The molecule has 1 aliphatic rings. The molecule has 15 aromatic carbocycles. The minimum atomic E-state index is -0.638. The summed E-state index contributed by atoms with van der Waals surface area (Å²) in [5.41, 5.74) is 22.5. The summed E-state index contributed by atoms with van der Waals surface area (Å²) in [5, 5.41) is 12.5. The van der Waals surface area contributed by atoms with Crippen molar-refractivity contribution in [3.8, 4) is 72.4 Å². The first-order chi connectivity index (χ1) is 41.6. The number of rotatable bonds is 8. The highest BCUT2D eigenvalue weighted by atomic mass is 15.0. The van der Waals surface area contributed by atoms with E-state index in [0.29, 0.717) is 0 Å². The molecular weight excluding hydrogens is 1010 g/mol. The van der Waals surface area contributed by atoms with Crippen LogP contribution in [0, 0.1) is 0 Å². The van der Waals surface area contributed by atoms with E-state index in [-0.39, 0.29) is 0 Å². The predicted octanol–water partition coefficient (Wildman–Crippen LogP) is 22.1. The maximum Gasteiger partial charge on any atom is 0.0714 e. The molecule has 0 saturated carbocycles. The van der Waals surface area contributed by atoms with Gasteiger partial charge in [0.1, 0.15) is 0 Å². The second kappa shape index (κ2) is 19.1.